The third-order valence-corrected chi connectivity index (χ3v) is 3.23. The molecule has 0 aromatic carbocycles. The lowest BCUT2D eigenvalue weighted by atomic mass is 10.4. The Morgan fingerprint density at radius 2 is 2.30 bits per heavy atom. The molecule has 0 unspecified atom stereocenters. The topological polar surface area (TPSA) is 107 Å². The number of anilines is 1. The van der Waals surface area contributed by atoms with E-state index in [4.69, 9.17) is 0 Å². The van der Waals surface area contributed by atoms with E-state index < -0.39 is 16.4 Å². The molecule has 0 saturated carbocycles. The summed E-state index contributed by atoms with van der Waals surface area (Å²) in [6.07, 6.45) is 1.04. The number of hydrogen-bond acceptors (Lipinski definition) is 6. The first-order valence-electron chi connectivity index (χ1n) is 5.52. The Bertz CT molecular complexity index is 721. The average Bonchev–Trinajstić information content (AvgIpc) is 2.77. The van der Waals surface area contributed by atoms with E-state index in [0.29, 0.717) is 5.13 Å². The first-order chi connectivity index (χ1) is 9.45. The molecule has 0 radical (unpaired) electrons. The Balaban J connectivity index is 2.13. The summed E-state index contributed by atoms with van der Waals surface area (Å²) < 4.78 is 0.980. The second kappa shape index (κ2) is 5.61. The summed E-state index contributed by atoms with van der Waals surface area (Å²) in [5.41, 5.74) is 0.0429. The van der Waals surface area contributed by atoms with Crippen molar-refractivity contribution in [2.24, 2.45) is 0 Å². The monoisotopic (exact) mass is 294 g/mol. The summed E-state index contributed by atoms with van der Waals surface area (Å²) >= 11 is 1.26. The van der Waals surface area contributed by atoms with E-state index in [0.717, 1.165) is 28.6 Å². The van der Waals surface area contributed by atoms with Crippen LogP contribution in [0, 0.1) is 17.0 Å². The molecule has 0 aliphatic rings. The summed E-state index contributed by atoms with van der Waals surface area (Å²) in [4.78, 5) is 37.3. The highest BCUT2D eigenvalue weighted by Gasteiger charge is 2.11. The SMILES string of the molecule is Cc1csc(NC(=O)Cn2cc([N+](=O)[O-])ccc2=O)n1. The molecule has 0 spiro atoms. The fourth-order valence-electron chi connectivity index (χ4n) is 1.48. The molecule has 0 atom stereocenters. The number of aromatic nitrogens is 2. The van der Waals surface area contributed by atoms with Gasteiger partial charge in [0.2, 0.25) is 5.91 Å². The molecule has 0 fully saturated rings. The van der Waals surface area contributed by atoms with Crippen molar-refractivity contribution in [2.45, 2.75) is 13.5 Å². The van der Waals surface area contributed by atoms with Gasteiger partial charge in [0.1, 0.15) is 6.54 Å². The van der Waals surface area contributed by atoms with E-state index >= 15 is 0 Å². The van der Waals surface area contributed by atoms with Gasteiger partial charge in [-0.05, 0) is 6.92 Å². The third kappa shape index (κ3) is 3.26. The molecule has 2 aromatic rings. The number of thiazole rings is 1. The van der Waals surface area contributed by atoms with Crippen molar-refractivity contribution in [3.05, 3.63) is 49.9 Å². The molecule has 8 nitrogen and oxygen atoms in total. The van der Waals surface area contributed by atoms with E-state index in [1.807, 2.05) is 0 Å². The van der Waals surface area contributed by atoms with Crippen LogP contribution in [-0.4, -0.2) is 20.4 Å². The number of nitrogens with one attached hydrogen (secondary N) is 1. The number of nitro groups is 1. The van der Waals surface area contributed by atoms with Gasteiger partial charge in [0.25, 0.3) is 11.2 Å². The molecule has 9 heteroatoms. The summed E-state index contributed by atoms with van der Waals surface area (Å²) in [6, 6.07) is 2.15. The maximum atomic E-state index is 11.8. The van der Waals surface area contributed by atoms with Gasteiger partial charge in [-0.25, -0.2) is 4.98 Å². The summed E-state index contributed by atoms with van der Waals surface area (Å²) in [6.45, 7) is 1.48. The largest absolute Gasteiger partial charge is 0.300 e. The van der Waals surface area contributed by atoms with Gasteiger partial charge in [0.05, 0.1) is 16.8 Å². The number of nitrogens with zero attached hydrogens (tertiary/aromatic N) is 3. The molecular formula is C11H10N4O4S. The van der Waals surface area contributed by atoms with Gasteiger partial charge in [0, 0.05) is 17.5 Å². The third-order valence-electron chi connectivity index (χ3n) is 2.36. The zero-order valence-electron chi connectivity index (χ0n) is 10.4. The molecule has 20 heavy (non-hydrogen) atoms. The number of carbonyl (C=O) groups excluding carboxylic acids is 1. The van der Waals surface area contributed by atoms with Gasteiger partial charge in [-0.15, -0.1) is 11.3 Å². The molecule has 0 bridgehead atoms. The Hall–Kier alpha value is -2.55. The van der Waals surface area contributed by atoms with Crippen LogP contribution >= 0.6 is 11.3 Å². The smallest absolute Gasteiger partial charge is 0.285 e. The minimum absolute atomic E-state index is 0.248. The zero-order valence-corrected chi connectivity index (χ0v) is 11.2. The minimum Gasteiger partial charge on any atom is -0.300 e. The van der Waals surface area contributed by atoms with Crippen molar-refractivity contribution in [1.82, 2.24) is 9.55 Å². The summed E-state index contributed by atoms with van der Waals surface area (Å²) in [5.74, 6) is -0.470. The van der Waals surface area contributed by atoms with Crippen LogP contribution in [0.2, 0.25) is 0 Å². The maximum absolute atomic E-state index is 11.8. The first kappa shape index (κ1) is 13.9. The lowest BCUT2D eigenvalue weighted by Gasteiger charge is -2.04. The van der Waals surface area contributed by atoms with Crippen LogP contribution in [-0.2, 0) is 11.3 Å². The molecule has 0 saturated heterocycles. The van der Waals surface area contributed by atoms with Crippen LogP contribution in [0.3, 0.4) is 0 Å². The average molecular weight is 294 g/mol. The van der Waals surface area contributed by atoms with Gasteiger partial charge < -0.3 is 5.32 Å². The Labute approximate surface area is 116 Å². The quantitative estimate of drug-likeness (QED) is 0.672. The van der Waals surface area contributed by atoms with Gasteiger partial charge in [-0.2, -0.15) is 0 Å². The van der Waals surface area contributed by atoms with Crippen molar-refractivity contribution >= 4 is 28.1 Å². The normalized spacial score (nSPS) is 10.2. The van der Waals surface area contributed by atoms with E-state index in [-0.39, 0.29) is 12.2 Å². The van der Waals surface area contributed by atoms with Crippen molar-refractivity contribution < 1.29 is 9.72 Å². The minimum atomic E-state index is -0.627. The second-order valence-corrected chi connectivity index (χ2v) is 4.81. The molecule has 2 rings (SSSR count). The second-order valence-electron chi connectivity index (χ2n) is 3.95. The van der Waals surface area contributed by atoms with E-state index in [9.17, 15) is 19.7 Å². The number of carbonyl (C=O) groups is 1. The Morgan fingerprint density at radius 1 is 1.55 bits per heavy atom. The predicted molar refractivity (Wildman–Crippen MR) is 72.8 cm³/mol. The number of aryl methyl sites for hydroxylation is 1. The zero-order chi connectivity index (χ0) is 14.7. The molecule has 0 aliphatic carbocycles. The Morgan fingerprint density at radius 3 is 2.90 bits per heavy atom. The molecule has 2 aromatic heterocycles. The highest BCUT2D eigenvalue weighted by molar-refractivity contribution is 7.13. The number of rotatable bonds is 4. The van der Waals surface area contributed by atoms with Crippen LogP contribution in [0.4, 0.5) is 10.8 Å². The molecule has 0 aliphatic heterocycles. The standard InChI is InChI=1S/C11H10N4O4S/c1-7-6-20-11(12-7)13-9(16)5-14-4-8(15(18)19)2-3-10(14)17/h2-4,6H,5H2,1H3,(H,12,13,16). The maximum Gasteiger partial charge on any atom is 0.285 e. The lowest BCUT2D eigenvalue weighted by Crippen LogP contribution is -2.26. The number of pyridine rings is 1. The Kier molecular flexibility index (Phi) is 3.89. The molecule has 1 amide bonds. The summed E-state index contributed by atoms with van der Waals surface area (Å²) in [7, 11) is 0. The fourth-order valence-corrected chi connectivity index (χ4v) is 2.18. The van der Waals surface area contributed by atoms with Gasteiger partial charge in [-0.1, -0.05) is 0 Å². The molecule has 2 heterocycles. The highest BCUT2D eigenvalue weighted by atomic mass is 32.1. The van der Waals surface area contributed by atoms with Gasteiger partial charge >= 0.3 is 0 Å². The van der Waals surface area contributed by atoms with Crippen LogP contribution in [0.25, 0.3) is 0 Å². The van der Waals surface area contributed by atoms with Crippen molar-refractivity contribution in [3.8, 4) is 0 Å². The number of amides is 1. The van der Waals surface area contributed by atoms with Crippen molar-refractivity contribution in [1.29, 1.82) is 0 Å². The van der Waals surface area contributed by atoms with Crippen molar-refractivity contribution in [3.63, 3.8) is 0 Å². The molecule has 104 valence electrons. The van der Waals surface area contributed by atoms with Crippen LogP contribution in [0.15, 0.2) is 28.5 Å². The highest BCUT2D eigenvalue weighted by Crippen LogP contribution is 2.14. The molecular weight excluding hydrogens is 284 g/mol. The van der Waals surface area contributed by atoms with E-state index in [1.165, 1.54) is 11.3 Å². The fraction of sp³-hybridized carbons (Fsp3) is 0.182. The molecule has 1 N–H and O–H groups in total. The van der Waals surface area contributed by atoms with Crippen LogP contribution in [0.5, 0.6) is 0 Å². The van der Waals surface area contributed by atoms with Gasteiger partial charge in [-0.3, -0.25) is 24.3 Å². The summed E-state index contributed by atoms with van der Waals surface area (Å²) in [5, 5.41) is 15.3. The van der Waals surface area contributed by atoms with E-state index in [2.05, 4.69) is 10.3 Å². The van der Waals surface area contributed by atoms with Crippen molar-refractivity contribution in [2.75, 3.05) is 5.32 Å². The lowest BCUT2D eigenvalue weighted by molar-refractivity contribution is -0.385. The van der Waals surface area contributed by atoms with Crippen LogP contribution in [0.1, 0.15) is 5.69 Å². The van der Waals surface area contributed by atoms with Crippen LogP contribution < -0.4 is 10.9 Å². The van der Waals surface area contributed by atoms with E-state index in [1.54, 1.807) is 12.3 Å². The first-order valence-corrected chi connectivity index (χ1v) is 6.40. The van der Waals surface area contributed by atoms with Gasteiger partial charge in [0.15, 0.2) is 5.13 Å². The number of hydrogen-bond donors (Lipinski definition) is 1. The predicted octanol–water partition coefficient (Wildman–Crippen LogP) is 1.16.